The fourth-order valence-corrected chi connectivity index (χ4v) is 6.58. The Balaban J connectivity index is 1.65. The molecule has 0 aliphatic heterocycles. The van der Waals surface area contributed by atoms with Crippen molar-refractivity contribution in [2.24, 2.45) is 17.6 Å². The number of phenolic OH excluding ortho intramolecular Hbond substituents is 1. The van der Waals surface area contributed by atoms with E-state index in [1.54, 1.807) is 39.2 Å². The number of Topliss-reactive ketones (excluding diaryl/α,β-unsaturated/α-hetero) is 2. The number of amides is 1. The zero-order valence-electron chi connectivity index (χ0n) is 22.8. The number of carbonyl (C=O) groups is 3. The highest BCUT2D eigenvalue weighted by Crippen LogP contribution is 2.53. The number of phenols is 1. The highest BCUT2D eigenvalue weighted by Gasteiger charge is 2.64. The van der Waals surface area contributed by atoms with Crippen LogP contribution in [-0.4, -0.2) is 81.3 Å². The fraction of sp³-hybridized carbons (Fsp3) is 0.367. The predicted molar refractivity (Wildman–Crippen MR) is 149 cm³/mol. The van der Waals surface area contributed by atoms with Crippen LogP contribution < -0.4 is 11.1 Å². The van der Waals surface area contributed by atoms with Crippen molar-refractivity contribution in [1.82, 2.24) is 4.90 Å². The van der Waals surface area contributed by atoms with Crippen molar-refractivity contribution in [3.8, 4) is 16.9 Å². The molecule has 0 saturated heterocycles. The summed E-state index contributed by atoms with van der Waals surface area (Å²) in [5, 5.41) is 47.9. The molecule has 41 heavy (non-hydrogen) atoms. The molecule has 1 saturated carbocycles. The lowest BCUT2D eigenvalue weighted by Crippen LogP contribution is -2.65. The summed E-state index contributed by atoms with van der Waals surface area (Å²) in [5.74, 6) is -6.92. The number of aliphatic hydroxyl groups is 3. The maximum Gasteiger partial charge on any atom is 0.255 e. The molecular formula is C30H32FN3O7. The van der Waals surface area contributed by atoms with E-state index in [1.165, 1.54) is 11.0 Å². The van der Waals surface area contributed by atoms with Crippen LogP contribution in [-0.2, 0) is 20.8 Å². The molecular weight excluding hydrogens is 533 g/mol. The Hall–Kier alpha value is -4.22. The maximum atomic E-state index is 13.9. The highest BCUT2D eigenvalue weighted by atomic mass is 19.1. The number of rotatable bonds is 6. The molecule has 3 aliphatic carbocycles. The van der Waals surface area contributed by atoms with Crippen molar-refractivity contribution in [2.45, 2.75) is 37.5 Å². The first kappa shape index (κ1) is 28.3. The topological polar surface area (TPSA) is 173 Å². The third-order valence-corrected chi connectivity index (χ3v) is 8.44. The summed E-state index contributed by atoms with van der Waals surface area (Å²) >= 11 is 0. The molecule has 0 heterocycles. The van der Waals surface area contributed by atoms with Crippen molar-refractivity contribution in [1.29, 1.82) is 0 Å². The largest absolute Gasteiger partial charge is 0.508 e. The smallest absolute Gasteiger partial charge is 0.255 e. The summed E-state index contributed by atoms with van der Waals surface area (Å²) in [6.07, 6.45) is 0.183. The van der Waals surface area contributed by atoms with E-state index in [4.69, 9.17) is 5.73 Å². The fourth-order valence-electron chi connectivity index (χ4n) is 6.58. The number of aliphatic hydroxyl groups excluding tert-OH is 2. The number of ketones is 2. The van der Waals surface area contributed by atoms with Gasteiger partial charge in [0.15, 0.2) is 11.4 Å². The summed E-state index contributed by atoms with van der Waals surface area (Å²) in [4.78, 5) is 40.8. The van der Waals surface area contributed by atoms with Gasteiger partial charge in [0.1, 0.15) is 29.5 Å². The number of likely N-dealkylation sites (N-methyl/N-ethyl adjacent to an activating group) is 1. The van der Waals surface area contributed by atoms with Crippen LogP contribution in [0.1, 0.15) is 24.5 Å². The number of nitrogens with two attached hydrogens (primary N) is 1. The first-order valence-corrected chi connectivity index (χ1v) is 13.2. The number of nitrogens with zero attached hydrogens (tertiary/aromatic N) is 1. The number of benzene rings is 2. The second-order valence-corrected chi connectivity index (χ2v) is 11.2. The molecule has 0 radical (unpaired) electrons. The molecule has 5 atom stereocenters. The summed E-state index contributed by atoms with van der Waals surface area (Å²) < 4.78 is 12.9. The van der Waals surface area contributed by atoms with Crippen LogP contribution in [0.15, 0.2) is 53.3 Å². The predicted octanol–water partition coefficient (Wildman–Crippen LogP) is 2.40. The highest BCUT2D eigenvalue weighted by molar-refractivity contribution is 6.24. The molecule has 0 bridgehead atoms. The number of hydrogen-bond donors (Lipinski definition) is 6. The SMILES string of the molecule is CC(CF)Nc1ccc(-c2ccc(O)c3c2CC2CC4C(N(C)C)C(=O)C(C(N)=O)=C(O)C4(O)C(=O)C2=C3O)cc1. The zero-order valence-corrected chi connectivity index (χ0v) is 22.8. The number of nitrogens with one attached hydrogen (secondary N) is 1. The van der Waals surface area contributed by atoms with E-state index >= 15 is 0 Å². The summed E-state index contributed by atoms with van der Waals surface area (Å²) in [7, 11) is 3.10. The van der Waals surface area contributed by atoms with Gasteiger partial charge in [-0.25, -0.2) is 4.39 Å². The molecule has 1 fully saturated rings. The Bertz CT molecular complexity index is 1530. The van der Waals surface area contributed by atoms with Crippen LogP contribution in [0.25, 0.3) is 16.9 Å². The lowest BCUT2D eigenvalue weighted by atomic mass is 9.57. The van der Waals surface area contributed by atoms with Gasteiger partial charge in [0.05, 0.1) is 17.6 Å². The molecule has 10 nitrogen and oxygen atoms in total. The number of carbonyl (C=O) groups excluding carboxylic acids is 3. The quantitative estimate of drug-likeness (QED) is 0.288. The van der Waals surface area contributed by atoms with Gasteiger partial charge < -0.3 is 31.5 Å². The van der Waals surface area contributed by atoms with E-state index in [1.807, 2.05) is 12.1 Å². The molecule has 0 aromatic heterocycles. The van der Waals surface area contributed by atoms with E-state index < -0.39 is 64.7 Å². The number of alkyl halides is 1. The number of primary amides is 1. The average Bonchev–Trinajstić information content (AvgIpc) is 2.91. The molecule has 5 unspecified atom stereocenters. The van der Waals surface area contributed by atoms with Crippen molar-refractivity contribution in [3.05, 3.63) is 64.4 Å². The summed E-state index contributed by atoms with van der Waals surface area (Å²) in [5.41, 5.74) is 4.35. The molecule has 11 heteroatoms. The minimum Gasteiger partial charge on any atom is -0.508 e. The van der Waals surface area contributed by atoms with E-state index in [0.29, 0.717) is 16.8 Å². The third kappa shape index (κ3) is 4.18. The molecule has 3 aliphatic rings. The summed E-state index contributed by atoms with van der Waals surface area (Å²) in [6.45, 7) is 1.18. The van der Waals surface area contributed by atoms with Gasteiger partial charge in [0.25, 0.3) is 5.91 Å². The van der Waals surface area contributed by atoms with Gasteiger partial charge in [0.2, 0.25) is 5.78 Å². The Labute approximate surface area is 235 Å². The van der Waals surface area contributed by atoms with Crippen LogP contribution in [0.4, 0.5) is 10.1 Å². The van der Waals surface area contributed by atoms with Crippen LogP contribution in [0.3, 0.4) is 0 Å². The van der Waals surface area contributed by atoms with Gasteiger partial charge in [-0.15, -0.1) is 0 Å². The van der Waals surface area contributed by atoms with Crippen molar-refractivity contribution >= 4 is 28.9 Å². The molecule has 216 valence electrons. The minimum absolute atomic E-state index is 0.00480. The summed E-state index contributed by atoms with van der Waals surface area (Å²) in [6, 6.07) is 8.77. The van der Waals surface area contributed by atoms with Gasteiger partial charge in [-0.3, -0.25) is 19.3 Å². The number of hydrogen-bond acceptors (Lipinski definition) is 9. The molecule has 2 aromatic rings. The molecule has 2 aromatic carbocycles. The van der Waals surface area contributed by atoms with Gasteiger partial charge >= 0.3 is 0 Å². The molecule has 7 N–H and O–H groups in total. The standard InChI is InChI=1S/C30H32FN3O7/c1-13(12-31)33-16-6-4-14(5-7-16)17-8-9-20(35)22-18(17)10-15-11-19-24(34(2)3)26(37)23(29(32)40)28(39)30(19,41)27(38)21(15)25(22)36/h4-9,13,15,19,24,33,35-36,39,41H,10-12H2,1-3H3,(H2,32,40). The lowest BCUT2D eigenvalue weighted by molar-refractivity contribution is -0.153. The first-order chi connectivity index (χ1) is 19.3. The minimum atomic E-state index is -2.68. The van der Waals surface area contributed by atoms with E-state index in [-0.39, 0.29) is 35.8 Å². The lowest BCUT2D eigenvalue weighted by Gasteiger charge is -2.50. The van der Waals surface area contributed by atoms with Gasteiger partial charge in [-0.1, -0.05) is 18.2 Å². The van der Waals surface area contributed by atoms with Gasteiger partial charge in [-0.2, -0.15) is 0 Å². The second kappa shape index (κ2) is 10.0. The van der Waals surface area contributed by atoms with Crippen molar-refractivity contribution in [2.75, 3.05) is 26.1 Å². The molecule has 5 rings (SSSR count). The Morgan fingerprint density at radius 2 is 1.80 bits per heavy atom. The van der Waals surface area contributed by atoms with Crippen LogP contribution in [0.2, 0.25) is 0 Å². The number of halogens is 1. The zero-order chi connectivity index (χ0) is 30.0. The number of fused-ring (bicyclic) bond motifs is 3. The van der Waals surface area contributed by atoms with E-state index in [2.05, 4.69) is 5.32 Å². The van der Waals surface area contributed by atoms with Crippen molar-refractivity contribution in [3.63, 3.8) is 0 Å². The Morgan fingerprint density at radius 1 is 1.15 bits per heavy atom. The third-order valence-electron chi connectivity index (χ3n) is 8.44. The Kier molecular flexibility index (Phi) is 6.91. The second-order valence-electron chi connectivity index (χ2n) is 11.2. The number of anilines is 1. The first-order valence-electron chi connectivity index (χ1n) is 13.2. The Morgan fingerprint density at radius 3 is 2.39 bits per heavy atom. The van der Waals surface area contributed by atoms with E-state index in [0.717, 1.165) is 5.56 Å². The average molecular weight is 566 g/mol. The van der Waals surface area contributed by atoms with E-state index in [9.17, 15) is 39.2 Å². The van der Waals surface area contributed by atoms with Crippen molar-refractivity contribution < 1.29 is 39.2 Å². The van der Waals surface area contributed by atoms with Gasteiger partial charge in [0, 0.05) is 17.2 Å². The molecule has 1 amide bonds. The maximum absolute atomic E-state index is 13.9. The van der Waals surface area contributed by atoms with Crippen LogP contribution >= 0.6 is 0 Å². The van der Waals surface area contributed by atoms with Crippen LogP contribution in [0.5, 0.6) is 5.75 Å². The molecule has 0 spiro atoms. The monoisotopic (exact) mass is 565 g/mol. The van der Waals surface area contributed by atoms with Gasteiger partial charge in [-0.05, 0) is 74.7 Å². The normalized spacial score (nSPS) is 26.4. The van der Waals surface area contributed by atoms with Crippen LogP contribution in [0, 0.1) is 11.8 Å². The number of aromatic hydroxyl groups is 1.